The fourth-order valence-electron chi connectivity index (χ4n) is 5.79. The quantitative estimate of drug-likeness (QED) is 0.157. The molecule has 1 aliphatic heterocycles. The fourth-order valence-corrected chi connectivity index (χ4v) is 5.79. The van der Waals surface area contributed by atoms with Crippen LogP contribution >= 0.6 is 0 Å². The third-order valence-electron chi connectivity index (χ3n) is 8.44. The lowest BCUT2D eigenvalue weighted by atomic mass is 9.94. The number of aryl methyl sites for hydroxylation is 1. The van der Waals surface area contributed by atoms with E-state index >= 15 is 8.78 Å². The summed E-state index contributed by atoms with van der Waals surface area (Å²) in [7, 11) is 0. The lowest BCUT2D eigenvalue weighted by molar-refractivity contribution is -0.190. The summed E-state index contributed by atoms with van der Waals surface area (Å²) in [6, 6.07) is 15.8. The number of unbranched alkanes of at least 4 members (excludes halogenated alkanes) is 9. The molecule has 0 bridgehead atoms. The van der Waals surface area contributed by atoms with Crippen LogP contribution in [0.3, 0.4) is 0 Å². The van der Waals surface area contributed by atoms with E-state index in [1.807, 2.05) is 18.2 Å². The maximum atomic E-state index is 15.1. The highest BCUT2D eigenvalue weighted by atomic mass is 19.2. The van der Waals surface area contributed by atoms with Crippen molar-refractivity contribution in [3.8, 4) is 22.3 Å². The van der Waals surface area contributed by atoms with Crippen molar-refractivity contribution in [2.45, 2.75) is 110 Å². The molecule has 2 nitrogen and oxygen atoms in total. The minimum atomic E-state index is -0.806. The normalized spacial score (nSPS) is 17.1. The molecule has 0 unspecified atom stereocenters. The molecule has 0 spiro atoms. The fraction of sp³-hybridized carbons (Fsp3) is 0.514. The summed E-state index contributed by atoms with van der Waals surface area (Å²) in [5.74, 6) is -1.99. The molecule has 3 aromatic rings. The lowest BCUT2D eigenvalue weighted by Crippen LogP contribution is -2.31. The van der Waals surface area contributed by atoms with Crippen LogP contribution in [0, 0.1) is 17.5 Å². The minimum Gasteiger partial charge on any atom is -0.352 e. The highest BCUT2D eigenvalue weighted by Gasteiger charge is 2.25. The van der Waals surface area contributed by atoms with E-state index in [2.05, 4.69) is 13.8 Å². The molecule has 5 heteroatoms. The van der Waals surface area contributed by atoms with Crippen molar-refractivity contribution < 1.29 is 22.6 Å². The molecule has 1 heterocycles. The van der Waals surface area contributed by atoms with Gasteiger partial charge in [-0.2, -0.15) is 0 Å². The summed E-state index contributed by atoms with van der Waals surface area (Å²) in [5, 5.41) is 0. The summed E-state index contributed by atoms with van der Waals surface area (Å²) < 4.78 is 56.8. The number of benzene rings is 3. The van der Waals surface area contributed by atoms with Gasteiger partial charge in [-0.05, 0) is 59.6 Å². The van der Waals surface area contributed by atoms with Gasteiger partial charge >= 0.3 is 0 Å². The van der Waals surface area contributed by atoms with Crippen molar-refractivity contribution in [1.82, 2.24) is 0 Å². The predicted octanol–water partition coefficient (Wildman–Crippen LogP) is 11.2. The van der Waals surface area contributed by atoms with Crippen LogP contribution in [0.15, 0.2) is 54.6 Å². The Morgan fingerprint density at radius 1 is 0.619 bits per heavy atom. The van der Waals surface area contributed by atoms with E-state index in [9.17, 15) is 4.39 Å². The van der Waals surface area contributed by atoms with Crippen LogP contribution in [0.25, 0.3) is 22.3 Å². The van der Waals surface area contributed by atoms with Crippen LogP contribution in [0.5, 0.6) is 0 Å². The topological polar surface area (TPSA) is 18.5 Å². The second-order valence-electron chi connectivity index (χ2n) is 11.7. The van der Waals surface area contributed by atoms with Gasteiger partial charge < -0.3 is 9.47 Å². The number of ether oxygens (including phenoxy) is 2. The molecule has 1 fully saturated rings. The molecule has 1 aliphatic rings. The lowest BCUT2D eigenvalue weighted by Gasteiger charge is -2.30. The zero-order valence-electron chi connectivity index (χ0n) is 25.4. The average Bonchev–Trinajstić information content (AvgIpc) is 3.01. The van der Waals surface area contributed by atoms with Crippen LogP contribution in [0.2, 0.25) is 0 Å². The van der Waals surface area contributed by atoms with E-state index < -0.39 is 11.6 Å². The Morgan fingerprint density at radius 3 is 1.88 bits per heavy atom. The smallest absolute Gasteiger partial charge is 0.166 e. The van der Waals surface area contributed by atoms with Crippen LogP contribution in [0.1, 0.15) is 108 Å². The molecule has 1 saturated heterocycles. The van der Waals surface area contributed by atoms with Gasteiger partial charge in [0.1, 0.15) is 5.82 Å². The average molecular weight is 581 g/mol. The molecule has 0 saturated carbocycles. The summed E-state index contributed by atoms with van der Waals surface area (Å²) in [6.45, 7) is 5.27. The summed E-state index contributed by atoms with van der Waals surface area (Å²) in [4.78, 5) is 0. The van der Waals surface area contributed by atoms with E-state index in [0.717, 1.165) is 56.1 Å². The molecule has 4 rings (SSSR count). The van der Waals surface area contributed by atoms with Crippen molar-refractivity contribution in [2.75, 3.05) is 13.2 Å². The molecule has 0 aromatic heterocycles. The van der Waals surface area contributed by atoms with Gasteiger partial charge in [0, 0.05) is 11.5 Å². The molecular formula is C37H47F3O2. The van der Waals surface area contributed by atoms with Crippen LogP contribution < -0.4 is 0 Å². The highest BCUT2D eigenvalue weighted by Crippen LogP contribution is 2.32. The Morgan fingerprint density at radius 2 is 1.21 bits per heavy atom. The first-order valence-electron chi connectivity index (χ1n) is 16.1. The zero-order chi connectivity index (χ0) is 29.7. The van der Waals surface area contributed by atoms with Crippen molar-refractivity contribution in [2.24, 2.45) is 0 Å². The molecule has 0 N–H and O–H groups in total. The summed E-state index contributed by atoms with van der Waals surface area (Å²) in [6.07, 6.45) is 14.0. The third-order valence-corrected chi connectivity index (χ3v) is 8.44. The van der Waals surface area contributed by atoms with E-state index in [1.54, 1.807) is 30.3 Å². The van der Waals surface area contributed by atoms with Crippen molar-refractivity contribution in [3.63, 3.8) is 0 Å². The Kier molecular flexibility index (Phi) is 13.0. The Bertz CT molecular complexity index is 1230. The first kappa shape index (κ1) is 32.3. The number of hydrogen-bond donors (Lipinski definition) is 0. The van der Waals surface area contributed by atoms with E-state index in [4.69, 9.17) is 9.47 Å². The van der Waals surface area contributed by atoms with Gasteiger partial charge in [0.05, 0.1) is 13.2 Å². The Labute approximate surface area is 250 Å². The molecule has 0 aliphatic carbocycles. The van der Waals surface area contributed by atoms with Gasteiger partial charge in [-0.3, -0.25) is 0 Å². The van der Waals surface area contributed by atoms with E-state index in [0.29, 0.717) is 36.3 Å². The van der Waals surface area contributed by atoms with Gasteiger partial charge in [0.25, 0.3) is 0 Å². The van der Waals surface area contributed by atoms with Gasteiger partial charge in [0.15, 0.2) is 17.9 Å². The van der Waals surface area contributed by atoms with Crippen molar-refractivity contribution in [1.29, 1.82) is 0 Å². The standard InChI is InChI=1S/C37H47F3O2/c1-3-5-7-8-9-10-11-13-14-29-20-23-33(37(40)36(29)39)28-18-16-27(17-19-28)30-21-22-32(34(38)24-30)31-25-41-35(42-26-31)15-12-6-4-2/h16-24,31,35H,3-15,25-26H2,1-2H3. The minimum absolute atomic E-state index is 0.139. The molecule has 42 heavy (non-hydrogen) atoms. The predicted molar refractivity (Wildman–Crippen MR) is 166 cm³/mol. The molecular weight excluding hydrogens is 533 g/mol. The SMILES string of the molecule is CCCCCCCCCCc1ccc(-c2ccc(-c3ccc(C4COC(CCCCC)OC4)c(F)c3)cc2)c(F)c1F. The summed E-state index contributed by atoms with van der Waals surface area (Å²) >= 11 is 0. The van der Waals surface area contributed by atoms with E-state index in [-0.39, 0.29) is 23.6 Å². The first-order valence-corrected chi connectivity index (χ1v) is 16.1. The molecule has 228 valence electrons. The monoisotopic (exact) mass is 580 g/mol. The van der Waals surface area contributed by atoms with Crippen LogP contribution in [0.4, 0.5) is 13.2 Å². The third kappa shape index (κ3) is 8.94. The van der Waals surface area contributed by atoms with Gasteiger partial charge in [-0.15, -0.1) is 0 Å². The number of halogens is 3. The first-order chi connectivity index (χ1) is 20.5. The maximum Gasteiger partial charge on any atom is 0.166 e. The molecule has 0 amide bonds. The Balaban J connectivity index is 1.32. The van der Waals surface area contributed by atoms with Gasteiger partial charge in [0.2, 0.25) is 0 Å². The Hall–Kier alpha value is -2.63. The number of rotatable bonds is 16. The zero-order valence-corrected chi connectivity index (χ0v) is 25.4. The second-order valence-corrected chi connectivity index (χ2v) is 11.7. The van der Waals surface area contributed by atoms with Crippen LogP contribution in [-0.4, -0.2) is 19.5 Å². The van der Waals surface area contributed by atoms with Gasteiger partial charge in [-0.25, -0.2) is 13.2 Å². The van der Waals surface area contributed by atoms with Crippen LogP contribution in [-0.2, 0) is 15.9 Å². The van der Waals surface area contributed by atoms with E-state index in [1.165, 1.54) is 38.2 Å². The molecule has 3 aromatic carbocycles. The maximum absolute atomic E-state index is 15.1. The highest BCUT2D eigenvalue weighted by molar-refractivity contribution is 5.71. The molecule has 0 atom stereocenters. The molecule has 0 radical (unpaired) electrons. The van der Waals surface area contributed by atoms with Gasteiger partial charge in [-0.1, -0.05) is 120 Å². The number of hydrogen-bond acceptors (Lipinski definition) is 2. The second kappa shape index (κ2) is 16.9. The largest absolute Gasteiger partial charge is 0.352 e. The summed E-state index contributed by atoms with van der Waals surface area (Å²) in [5.41, 5.74) is 3.40. The van der Waals surface area contributed by atoms with Crippen molar-refractivity contribution >= 4 is 0 Å². The van der Waals surface area contributed by atoms with Crippen molar-refractivity contribution in [3.05, 3.63) is 83.2 Å².